The summed E-state index contributed by atoms with van der Waals surface area (Å²) in [5.74, 6) is -0.0691. The van der Waals surface area contributed by atoms with E-state index in [1.807, 2.05) is 4.90 Å². The third-order valence-corrected chi connectivity index (χ3v) is 6.27. The SMILES string of the molecule is O=C(NCc1ccc2c(c1)CCCC2)[C@H]1CNC[C@H](C(=O)N2CCOCC2)C1. The largest absolute Gasteiger partial charge is 0.378 e. The molecule has 1 aromatic carbocycles. The van der Waals surface area contributed by atoms with Crippen molar-refractivity contribution in [3.05, 3.63) is 34.9 Å². The minimum atomic E-state index is -0.152. The van der Waals surface area contributed by atoms with E-state index < -0.39 is 0 Å². The molecule has 0 saturated carbocycles. The molecule has 2 atom stereocenters. The molecule has 0 bridgehead atoms. The third-order valence-electron chi connectivity index (χ3n) is 6.27. The minimum Gasteiger partial charge on any atom is -0.378 e. The van der Waals surface area contributed by atoms with Crippen molar-refractivity contribution >= 4 is 11.8 Å². The number of piperidine rings is 1. The lowest BCUT2D eigenvalue weighted by Crippen LogP contribution is -2.51. The van der Waals surface area contributed by atoms with E-state index in [9.17, 15) is 9.59 Å². The molecule has 0 unspecified atom stereocenters. The van der Waals surface area contributed by atoms with Gasteiger partial charge in [0.15, 0.2) is 0 Å². The van der Waals surface area contributed by atoms with Crippen LogP contribution < -0.4 is 10.6 Å². The summed E-state index contributed by atoms with van der Waals surface area (Å²) in [6, 6.07) is 6.60. The maximum Gasteiger partial charge on any atom is 0.227 e. The van der Waals surface area contributed by atoms with Crippen molar-refractivity contribution in [1.29, 1.82) is 0 Å². The van der Waals surface area contributed by atoms with Crippen LogP contribution in [0.5, 0.6) is 0 Å². The molecule has 0 spiro atoms. The molecule has 3 aliphatic rings. The third kappa shape index (κ3) is 4.55. The Morgan fingerprint density at radius 2 is 1.82 bits per heavy atom. The van der Waals surface area contributed by atoms with Gasteiger partial charge in [-0.15, -0.1) is 0 Å². The molecule has 6 nitrogen and oxygen atoms in total. The van der Waals surface area contributed by atoms with Gasteiger partial charge >= 0.3 is 0 Å². The normalized spacial score (nSPS) is 25.1. The highest BCUT2D eigenvalue weighted by atomic mass is 16.5. The predicted octanol–water partition coefficient (Wildman–Crippen LogP) is 1.27. The Balaban J connectivity index is 1.30. The number of amides is 2. The molecule has 2 aliphatic heterocycles. The Morgan fingerprint density at radius 3 is 2.64 bits per heavy atom. The van der Waals surface area contributed by atoms with Crippen LogP contribution in [0.25, 0.3) is 0 Å². The zero-order chi connectivity index (χ0) is 19.3. The highest BCUT2D eigenvalue weighted by Crippen LogP contribution is 2.23. The number of benzene rings is 1. The number of hydrogen-bond acceptors (Lipinski definition) is 4. The summed E-state index contributed by atoms with van der Waals surface area (Å²) in [5.41, 5.74) is 4.06. The van der Waals surface area contributed by atoms with Gasteiger partial charge in [0, 0.05) is 32.7 Å². The van der Waals surface area contributed by atoms with Crippen molar-refractivity contribution < 1.29 is 14.3 Å². The number of nitrogens with zero attached hydrogens (tertiary/aromatic N) is 1. The molecule has 1 aromatic rings. The van der Waals surface area contributed by atoms with Crippen molar-refractivity contribution in [2.24, 2.45) is 11.8 Å². The second kappa shape index (κ2) is 9.05. The molecular formula is C22H31N3O3. The Morgan fingerprint density at radius 1 is 1.07 bits per heavy atom. The van der Waals surface area contributed by atoms with Crippen LogP contribution >= 0.6 is 0 Å². The molecule has 4 rings (SSSR count). The lowest BCUT2D eigenvalue weighted by atomic mass is 9.88. The minimum absolute atomic E-state index is 0.0460. The highest BCUT2D eigenvalue weighted by molar-refractivity contribution is 5.83. The molecule has 6 heteroatoms. The van der Waals surface area contributed by atoms with Gasteiger partial charge < -0.3 is 20.3 Å². The lowest BCUT2D eigenvalue weighted by molar-refractivity contribution is -0.141. The molecule has 2 fully saturated rings. The summed E-state index contributed by atoms with van der Waals surface area (Å²) >= 11 is 0. The van der Waals surface area contributed by atoms with Gasteiger partial charge in [-0.2, -0.15) is 0 Å². The van der Waals surface area contributed by atoms with Gasteiger partial charge in [-0.1, -0.05) is 18.2 Å². The van der Waals surface area contributed by atoms with Crippen LogP contribution in [-0.2, 0) is 33.7 Å². The molecular weight excluding hydrogens is 354 g/mol. The maximum absolute atomic E-state index is 12.7. The Kier molecular flexibility index (Phi) is 6.27. The van der Waals surface area contributed by atoms with Crippen LogP contribution in [-0.4, -0.2) is 56.1 Å². The van der Waals surface area contributed by atoms with Crippen LogP contribution in [0.1, 0.15) is 36.0 Å². The summed E-state index contributed by atoms with van der Waals surface area (Å²) in [4.78, 5) is 27.3. The van der Waals surface area contributed by atoms with Gasteiger partial charge in [-0.25, -0.2) is 0 Å². The fraction of sp³-hybridized carbons (Fsp3) is 0.636. The van der Waals surface area contributed by atoms with Crippen molar-refractivity contribution in [3.8, 4) is 0 Å². The summed E-state index contributed by atoms with van der Waals surface area (Å²) in [6.45, 7) is 4.39. The van der Waals surface area contributed by atoms with Gasteiger partial charge in [-0.05, 0) is 48.8 Å². The molecule has 2 amide bonds. The molecule has 28 heavy (non-hydrogen) atoms. The van der Waals surface area contributed by atoms with Gasteiger partial charge in [0.2, 0.25) is 11.8 Å². The Hall–Kier alpha value is -1.92. The first kappa shape index (κ1) is 19.4. The lowest BCUT2D eigenvalue weighted by Gasteiger charge is -2.34. The maximum atomic E-state index is 12.7. The average Bonchev–Trinajstić information content (AvgIpc) is 2.77. The van der Waals surface area contributed by atoms with E-state index in [1.165, 1.54) is 36.0 Å². The number of aryl methyl sites for hydroxylation is 2. The fourth-order valence-corrected chi connectivity index (χ4v) is 4.60. The van der Waals surface area contributed by atoms with Crippen molar-refractivity contribution in [3.63, 3.8) is 0 Å². The smallest absolute Gasteiger partial charge is 0.227 e. The number of rotatable bonds is 4. The first-order valence-corrected chi connectivity index (χ1v) is 10.7. The second-order valence-electron chi connectivity index (χ2n) is 8.25. The number of nitrogens with one attached hydrogen (secondary N) is 2. The van der Waals surface area contributed by atoms with Crippen molar-refractivity contribution in [2.75, 3.05) is 39.4 Å². The number of morpholine rings is 1. The van der Waals surface area contributed by atoms with E-state index in [2.05, 4.69) is 28.8 Å². The number of carbonyl (C=O) groups excluding carboxylic acids is 2. The molecule has 1 aliphatic carbocycles. The number of fused-ring (bicyclic) bond motifs is 1. The van der Waals surface area contributed by atoms with E-state index in [4.69, 9.17) is 4.74 Å². The van der Waals surface area contributed by atoms with Crippen molar-refractivity contribution in [1.82, 2.24) is 15.5 Å². The van der Waals surface area contributed by atoms with Crippen LogP contribution in [0.2, 0.25) is 0 Å². The number of carbonyl (C=O) groups is 2. The average molecular weight is 386 g/mol. The van der Waals surface area contributed by atoms with E-state index in [-0.39, 0.29) is 23.7 Å². The monoisotopic (exact) mass is 385 g/mol. The summed E-state index contributed by atoms with van der Waals surface area (Å²) in [7, 11) is 0. The summed E-state index contributed by atoms with van der Waals surface area (Å²) < 4.78 is 5.33. The van der Waals surface area contributed by atoms with E-state index in [1.54, 1.807) is 0 Å². The number of hydrogen-bond donors (Lipinski definition) is 2. The van der Waals surface area contributed by atoms with Crippen LogP contribution in [0.4, 0.5) is 0 Å². The van der Waals surface area contributed by atoms with E-state index >= 15 is 0 Å². The van der Waals surface area contributed by atoms with Crippen molar-refractivity contribution in [2.45, 2.75) is 38.6 Å². The van der Waals surface area contributed by atoms with Gasteiger partial charge in [0.1, 0.15) is 0 Å². The van der Waals surface area contributed by atoms with Gasteiger partial charge in [0.05, 0.1) is 25.0 Å². The predicted molar refractivity (Wildman–Crippen MR) is 107 cm³/mol. The standard InChI is InChI=1S/C22H31N3O3/c26-21(24-13-16-5-6-17-3-1-2-4-18(17)11-16)19-12-20(15-23-14-19)22(27)25-7-9-28-10-8-25/h5-6,11,19-20,23H,1-4,7-10,12-15H2,(H,24,26)/t19-,20-/m1/s1. The molecule has 2 saturated heterocycles. The summed E-state index contributed by atoms with van der Waals surface area (Å²) in [5, 5.41) is 6.38. The Labute approximate surface area is 167 Å². The molecule has 152 valence electrons. The molecule has 2 N–H and O–H groups in total. The van der Waals surface area contributed by atoms with Crippen LogP contribution in [0.15, 0.2) is 18.2 Å². The van der Waals surface area contributed by atoms with Crippen LogP contribution in [0.3, 0.4) is 0 Å². The van der Waals surface area contributed by atoms with Gasteiger partial charge in [0.25, 0.3) is 0 Å². The zero-order valence-corrected chi connectivity index (χ0v) is 16.5. The van der Waals surface area contributed by atoms with Crippen LogP contribution in [0, 0.1) is 11.8 Å². The zero-order valence-electron chi connectivity index (χ0n) is 16.5. The topological polar surface area (TPSA) is 70.7 Å². The second-order valence-corrected chi connectivity index (χ2v) is 8.25. The van der Waals surface area contributed by atoms with E-state index in [0.717, 1.165) is 6.42 Å². The Bertz CT molecular complexity index is 715. The first-order valence-electron chi connectivity index (χ1n) is 10.7. The van der Waals surface area contributed by atoms with E-state index in [0.29, 0.717) is 52.4 Å². The molecule has 2 heterocycles. The fourth-order valence-electron chi connectivity index (χ4n) is 4.60. The molecule has 0 radical (unpaired) electrons. The number of ether oxygens (including phenoxy) is 1. The first-order chi connectivity index (χ1) is 13.7. The van der Waals surface area contributed by atoms with Gasteiger partial charge in [-0.3, -0.25) is 9.59 Å². The summed E-state index contributed by atoms with van der Waals surface area (Å²) in [6.07, 6.45) is 5.49. The quantitative estimate of drug-likeness (QED) is 0.819. The highest BCUT2D eigenvalue weighted by Gasteiger charge is 2.33. The molecule has 0 aromatic heterocycles.